The van der Waals surface area contributed by atoms with Gasteiger partial charge in [0.25, 0.3) is 0 Å². The molecule has 0 radical (unpaired) electrons. The Morgan fingerprint density at radius 2 is 1.62 bits per heavy atom. The molecule has 4 aliphatic carbocycles. The minimum atomic E-state index is -4.94. The van der Waals surface area contributed by atoms with Crippen LogP contribution in [0.1, 0.15) is 79.1 Å². The summed E-state index contributed by atoms with van der Waals surface area (Å²) in [6.07, 6.45) is 6.40. The molecular formula is C27H44O10S2-2. The summed E-state index contributed by atoms with van der Waals surface area (Å²) in [7, 11) is -9.78. The molecule has 10 nitrogen and oxygen atoms in total. The van der Waals surface area contributed by atoms with Crippen molar-refractivity contribution >= 4 is 20.8 Å². The molecule has 4 fully saturated rings. The van der Waals surface area contributed by atoms with E-state index in [2.05, 4.69) is 31.9 Å². The molecule has 0 saturated heterocycles. The van der Waals surface area contributed by atoms with Crippen molar-refractivity contribution < 1.29 is 44.5 Å². The van der Waals surface area contributed by atoms with Crippen LogP contribution in [0.2, 0.25) is 0 Å². The van der Waals surface area contributed by atoms with Crippen LogP contribution in [0, 0.1) is 52.3 Å². The highest BCUT2D eigenvalue weighted by Crippen LogP contribution is 2.68. The van der Waals surface area contributed by atoms with E-state index in [0.717, 1.165) is 25.7 Å². The largest absolute Gasteiger partial charge is 0.726 e. The van der Waals surface area contributed by atoms with E-state index in [4.69, 9.17) is 4.18 Å². The number of fused-ring (bicyclic) bond motifs is 5. The van der Waals surface area contributed by atoms with Crippen LogP contribution in [-0.2, 0) is 29.2 Å². The van der Waals surface area contributed by atoms with Crippen LogP contribution in [0.4, 0.5) is 0 Å². The van der Waals surface area contributed by atoms with Crippen LogP contribution in [0.25, 0.3) is 0 Å². The molecule has 4 rings (SSSR count). The van der Waals surface area contributed by atoms with E-state index in [0.29, 0.717) is 25.2 Å². The monoisotopic (exact) mass is 592 g/mol. The maximum absolute atomic E-state index is 11.7. The normalized spacial score (nSPS) is 43.7. The van der Waals surface area contributed by atoms with Crippen molar-refractivity contribution in [3.8, 4) is 0 Å². The summed E-state index contributed by atoms with van der Waals surface area (Å²) >= 11 is 0. The Hall–Kier alpha value is -0.600. The Kier molecular flexibility index (Phi) is 9.03. The zero-order valence-electron chi connectivity index (χ0n) is 23.3. The lowest BCUT2D eigenvalue weighted by molar-refractivity contribution is -0.204. The van der Waals surface area contributed by atoms with E-state index in [1.54, 1.807) is 0 Å². The minimum Gasteiger partial charge on any atom is -0.726 e. The van der Waals surface area contributed by atoms with Crippen molar-refractivity contribution in [2.24, 2.45) is 52.3 Å². The molecule has 0 aromatic rings. The summed E-state index contributed by atoms with van der Waals surface area (Å²) in [6.45, 7) is 8.22. The molecule has 0 aromatic carbocycles. The fourth-order valence-corrected chi connectivity index (χ4v) is 10.3. The number of hydrogen-bond acceptors (Lipinski definition) is 10. The van der Waals surface area contributed by atoms with Crippen molar-refractivity contribution in [3.05, 3.63) is 12.2 Å². The first-order valence-electron chi connectivity index (χ1n) is 14.2. The number of aliphatic hydroxyl groups excluding tert-OH is 2. The van der Waals surface area contributed by atoms with Gasteiger partial charge in [0.1, 0.15) is 6.10 Å². The van der Waals surface area contributed by atoms with E-state index < -0.39 is 44.5 Å². The molecule has 0 heterocycles. The molecular weight excluding hydrogens is 548 g/mol. The molecule has 2 N–H and O–H groups in total. The predicted octanol–water partition coefficient (Wildman–Crippen LogP) is 3.13. The topological polar surface area (TPSA) is 173 Å². The van der Waals surface area contributed by atoms with Crippen molar-refractivity contribution in [2.75, 3.05) is 6.61 Å². The van der Waals surface area contributed by atoms with Gasteiger partial charge in [-0.15, -0.1) is 0 Å². The fourth-order valence-electron chi connectivity index (χ4n) is 9.42. The van der Waals surface area contributed by atoms with Gasteiger partial charge in [-0.1, -0.05) is 39.8 Å². The highest BCUT2D eigenvalue weighted by atomic mass is 32.3. The minimum absolute atomic E-state index is 0.0331. The average molecular weight is 593 g/mol. The maximum atomic E-state index is 11.7. The van der Waals surface area contributed by atoms with Gasteiger partial charge in [0.05, 0.1) is 18.8 Å². The van der Waals surface area contributed by atoms with Crippen LogP contribution < -0.4 is 0 Å². The second-order valence-electron chi connectivity index (χ2n) is 13.4. The van der Waals surface area contributed by atoms with Crippen LogP contribution in [0.15, 0.2) is 12.2 Å². The van der Waals surface area contributed by atoms with Crippen molar-refractivity contribution in [1.82, 2.24) is 0 Å². The summed E-state index contributed by atoms with van der Waals surface area (Å²) in [5.74, 6) is 0.246. The van der Waals surface area contributed by atoms with E-state index >= 15 is 0 Å². The molecule has 0 aliphatic heterocycles. The standard InChI is InChI=1S/C27H46O10S2/c1-16(2)6-5-7-17(15-36-38(30,31)32)19-10-11-20-18-8-9-21-25(29)23(37-39(33,34)35)12-13-26(21,3)24(18)22(28)14-27(19,20)4/h5,7,16-25,28-29H,6,8-15H2,1-4H3,(H,30,31,32)(H,33,34,35)/p-2/b7-5+/t17-,18-,19+,20-,21+,22-,23+,24+,25-,26-,27+/m0/s1. The summed E-state index contributed by atoms with van der Waals surface area (Å²) < 4.78 is 77.0. The fraction of sp³-hybridized carbons (Fsp3) is 0.926. The van der Waals surface area contributed by atoms with Gasteiger partial charge in [-0.05, 0) is 97.7 Å². The second kappa shape index (κ2) is 11.2. The maximum Gasteiger partial charge on any atom is 0.217 e. The predicted molar refractivity (Wildman–Crippen MR) is 140 cm³/mol. The summed E-state index contributed by atoms with van der Waals surface area (Å²) in [5, 5.41) is 22.8. The molecule has 39 heavy (non-hydrogen) atoms. The van der Waals surface area contributed by atoms with Crippen LogP contribution in [0.5, 0.6) is 0 Å². The van der Waals surface area contributed by atoms with Crippen molar-refractivity contribution in [3.63, 3.8) is 0 Å². The van der Waals surface area contributed by atoms with Gasteiger partial charge in [0, 0.05) is 5.92 Å². The zero-order valence-corrected chi connectivity index (χ0v) is 24.9. The van der Waals surface area contributed by atoms with Gasteiger partial charge in [0.2, 0.25) is 20.8 Å². The third-order valence-electron chi connectivity index (χ3n) is 10.9. The van der Waals surface area contributed by atoms with Crippen LogP contribution in [-0.4, -0.2) is 61.1 Å². The first kappa shape index (κ1) is 31.3. The Balaban J connectivity index is 1.58. The summed E-state index contributed by atoms with van der Waals surface area (Å²) in [6, 6.07) is 0. The number of allylic oxidation sites excluding steroid dienone is 1. The third-order valence-corrected chi connectivity index (χ3v) is 11.8. The summed E-state index contributed by atoms with van der Waals surface area (Å²) in [4.78, 5) is 0. The molecule has 226 valence electrons. The second-order valence-corrected chi connectivity index (χ2v) is 15.5. The zero-order chi connectivity index (χ0) is 29.0. The molecule has 11 atom stereocenters. The third kappa shape index (κ3) is 6.43. The molecule has 0 spiro atoms. The lowest BCUT2D eigenvalue weighted by atomic mass is 9.43. The molecule has 0 amide bonds. The summed E-state index contributed by atoms with van der Waals surface area (Å²) in [5.41, 5.74) is -0.730. The molecule has 4 aliphatic rings. The van der Waals surface area contributed by atoms with E-state index in [9.17, 15) is 36.2 Å². The molecule has 4 saturated carbocycles. The van der Waals surface area contributed by atoms with Gasteiger partial charge in [0.15, 0.2) is 0 Å². The van der Waals surface area contributed by atoms with Crippen LogP contribution in [0.3, 0.4) is 0 Å². The Bertz CT molecular complexity index is 1120. The Morgan fingerprint density at radius 1 is 0.949 bits per heavy atom. The highest BCUT2D eigenvalue weighted by molar-refractivity contribution is 7.81. The van der Waals surface area contributed by atoms with Gasteiger partial charge in [-0.2, -0.15) is 0 Å². The lowest BCUT2D eigenvalue weighted by Gasteiger charge is -2.63. The Labute approximate surface area is 233 Å². The number of rotatable bonds is 9. The molecule has 12 heteroatoms. The molecule has 0 aromatic heterocycles. The number of hydrogen-bond donors (Lipinski definition) is 2. The van der Waals surface area contributed by atoms with Crippen molar-refractivity contribution in [1.29, 1.82) is 0 Å². The number of aliphatic hydroxyl groups is 2. The first-order chi connectivity index (χ1) is 18.0. The molecule has 0 unspecified atom stereocenters. The first-order valence-corrected chi connectivity index (χ1v) is 16.9. The molecule has 0 bridgehead atoms. The van der Waals surface area contributed by atoms with Gasteiger partial charge < -0.3 is 19.3 Å². The SMILES string of the molecule is CC(C)C/C=C/[C@@H](COS(=O)(=O)[O-])[C@H]1CC[C@H]2[C@@H]3CC[C@@H]4[C@H](O)[C@H](OS(=O)(=O)[O-])CC[C@]4(C)[C@H]3[C@@H](O)C[C@]12C. The lowest BCUT2D eigenvalue weighted by Crippen LogP contribution is -2.62. The van der Waals surface area contributed by atoms with Gasteiger partial charge >= 0.3 is 0 Å². The van der Waals surface area contributed by atoms with E-state index in [1.807, 2.05) is 12.2 Å². The smallest absolute Gasteiger partial charge is 0.217 e. The Morgan fingerprint density at radius 3 is 2.23 bits per heavy atom. The van der Waals surface area contributed by atoms with Gasteiger partial charge in [-0.25, -0.2) is 16.8 Å². The quantitative estimate of drug-likeness (QED) is 0.230. The average Bonchev–Trinajstić information content (AvgIpc) is 3.12. The van der Waals surface area contributed by atoms with Crippen molar-refractivity contribution in [2.45, 2.75) is 97.4 Å². The van der Waals surface area contributed by atoms with Crippen LogP contribution >= 0.6 is 0 Å². The highest BCUT2D eigenvalue weighted by Gasteiger charge is 2.65. The van der Waals surface area contributed by atoms with Gasteiger partial charge in [-0.3, -0.25) is 8.37 Å². The van der Waals surface area contributed by atoms with E-state index in [-0.39, 0.29) is 54.0 Å². The van der Waals surface area contributed by atoms with E-state index in [1.165, 1.54) is 0 Å².